The molecule has 26 heavy (non-hydrogen) atoms. The van der Waals surface area contributed by atoms with Gasteiger partial charge in [0.1, 0.15) is 16.4 Å². The fourth-order valence-corrected chi connectivity index (χ4v) is 5.62. The molecule has 1 spiro atoms. The van der Waals surface area contributed by atoms with E-state index in [1.165, 1.54) is 24.6 Å². The third-order valence-electron chi connectivity index (χ3n) is 5.40. The maximum atomic E-state index is 13.2. The van der Waals surface area contributed by atoms with Gasteiger partial charge in [-0.1, -0.05) is 6.92 Å². The fourth-order valence-electron chi connectivity index (χ4n) is 3.92. The zero-order chi connectivity index (χ0) is 18.9. The van der Waals surface area contributed by atoms with E-state index < -0.39 is 15.4 Å². The summed E-state index contributed by atoms with van der Waals surface area (Å²) in [5, 5.41) is 0. The van der Waals surface area contributed by atoms with E-state index in [9.17, 15) is 13.2 Å². The number of sulfonamides is 1. The van der Waals surface area contributed by atoms with Crippen molar-refractivity contribution < 1.29 is 22.7 Å². The van der Waals surface area contributed by atoms with Crippen molar-refractivity contribution in [2.24, 2.45) is 5.41 Å². The molecule has 1 amide bonds. The topological polar surface area (TPSA) is 76.2 Å². The van der Waals surface area contributed by atoms with Crippen LogP contribution in [0.25, 0.3) is 0 Å². The van der Waals surface area contributed by atoms with E-state index >= 15 is 0 Å². The number of rotatable bonds is 6. The van der Waals surface area contributed by atoms with Crippen LogP contribution in [0.2, 0.25) is 0 Å². The minimum Gasteiger partial charge on any atom is -0.497 e. The molecular formula is C18H26N2O5S. The molecule has 7 nitrogen and oxygen atoms in total. The molecule has 2 aliphatic heterocycles. The first-order valence-corrected chi connectivity index (χ1v) is 10.3. The van der Waals surface area contributed by atoms with E-state index in [1.54, 1.807) is 12.1 Å². The summed E-state index contributed by atoms with van der Waals surface area (Å²) < 4.78 is 38.2. The number of benzene rings is 1. The highest BCUT2D eigenvalue weighted by atomic mass is 32.2. The summed E-state index contributed by atoms with van der Waals surface area (Å²) in [7, 11) is -0.845. The lowest BCUT2D eigenvalue weighted by Crippen LogP contribution is -2.38. The van der Waals surface area contributed by atoms with Crippen LogP contribution in [0.3, 0.4) is 0 Å². The number of carbonyl (C=O) groups excluding carboxylic acids is 1. The molecule has 2 aliphatic rings. The van der Waals surface area contributed by atoms with Crippen LogP contribution in [0.5, 0.6) is 11.5 Å². The van der Waals surface area contributed by atoms with E-state index in [-0.39, 0.29) is 23.1 Å². The molecule has 0 radical (unpaired) electrons. The minimum atomic E-state index is -3.77. The third-order valence-corrected chi connectivity index (χ3v) is 7.27. The van der Waals surface area contributed by atoms with Gasteiger partial charge in [0, 0.05) is 32.2 Å². The molecule has 2 fully saturated rings. The van der Waals surface area contributed by atoms with E-state index in [4.69, 9.17) is 9.47 Å². The van der Waals surface area contributed by atoms with Gasteiger partial charge >= 0.3 is 0 Å². The first-order chi connectivity index (χ1) is 12.4. The quantitative estimate of drug-likeness (QED) is 0.749. The first-order valence-electron chi connectivity index (χ1n) is 8.89. The second kappa shape index (κ2) is 7.08. The number of hydrogen-bond donors (Lipinski definition) is 0. The van der Waals surface area contributed by atoms with Gasteiger partial charge in [0.05, 0.1) is 19.6 Å². The molecule has 1 aromatic carbocycles. The maximum Gasteiger partial charge on any atom is 0.246 e. The Morgan fingerprint density at radius 2 is 1.88 bits per heavy atom. The van der Waals surface area contributed by atoms with Crippen LogP contribution < -0.4 is 9.47 Å². The van der Waals surface area contributed by atoms with E-state index in [0.717, 1.165) is 13.0 Å². The fraction of sp³-hybridized carbons (Fsp3) is 0.611. The van der Waals surface area contributed by atoms with Gasteiger partial charge < -0.3 is 14.4 Å². The summed E-state index contributed by atoms with van der Waals surface area (Å²) in [5.74, 6) is 0.816. The Morgan fingerprint density at radius 3 is 2.54 bits per heavy atom. The number of amides is 1. The molecule has 0 saturated carbocycles. The third kappa shape index (κ3) is 3.05. The Bertz CT molecular complexity index is 795. The van der Waals surface area contributed by atoms with Gasteiger partial charge in [-0.05, 0) is 31.4 Å². The molecule has 0 aromatic heterocycles. The average Bonchev–Trinajstić information content (AvgIpc) is 3.22. The smallest absolute Gasteiger partial charge is 0.246 e. The molecule has 0 aliphatic carbocycles. The Labute approximate surface area is 154 Å². The summed E-state index contributed by atoms with van der Waals surface area (Å²) >= 11 is 0. The summed E-state index contributed by atoms with van der Waals surface area (Å²) in [6.07, 6.45) is 2.19. The van der Waals surface area contributed by atoms with Crippen molar-refractivity contribution in [3.8, 4) is 11.5 Å². The lowest BCUT2D eigenvalue weighted by atomic mass is 9.86. The minimum absolute atomic E-state index is 0.0762. The second-order valence-electron chi connectivity index (χ2n) is 6.93. The van der Waals surface area contributed by atoms with Crippen molar-refractivity contribution in [2.75, 3.05) is 40.4 Å². The van der Waals surface area contributed by atoms with Crippen LogP contribution >= 0.6 is 0 Å². The van der Waals surface area contributed by atoms with Crippen molar-refractivity contribution in [2.45, 2.75) is 31.1 Å². The lowest BCUT2D eigenvalue weighted by molar-refractivity contribution is -0.135. The number of nitrogens with zero attached hydrogens (tertiary/aromatic N) is 2. The van der Waals surface area contributed by atoms with Gasteiger partial charge in [-0.25, -0.2) is 8.42 Å². The van der Waals surface area contributed by atoms with Crippen molar-refractivity contribution in [1.82, 2.24) is 9.21 Å². The van der Waals surface area contributed by atoms with Gasteiger partial charge in [-0.3, -0.25) is 4.79 Å². The normalized spacial score (nSPS) is 23.8. The number of methoxy groups -OCH3 is 2. The second-order valence-corrected chi connectivity index (χ2v) is 8.83. The van der Waals surface area contributed by atoms with E-state index in [0.29, 0.717) is 31.7 Å². The predicted octanol–water partition coefficient (Wildman–Crippen LogP) is 1.73. The van der Waals surface area contributed by atoms with Crippen molar-refractivity contribution >= 4 is 15.9 Å². The van der Waals surface area contributed by atoms with Crippen LogP contribution in [0.4, 0.5) is 0 Å². The molecule has 8 heteroatoms. The van der Waals surface area contributed by atoms with Crippen LogP contribution in [0.15, 0.2) is 23.1 Å². The first kappa shape index (κ1) is 19.0. The van der Waals surface area contributed by atoms with Gasteiger partial charge in [-0.2, -0.15) is 4.31 Å². The predicted molar refractivity (Wildman–Crippen MR) is 96.8 cm³/mol. The molecule has 144 valence electrons. The number of carbonyl (C=O) groups is 1. The van der Waals surface area contributed by atoms with Crippen molar-refractivity contribution in [1.29, 1.82) is 0 Å². The number of hydrogen-bond acceptors (Lipinski definition) is 5. The largest absolute Gasteiger partial charge is 0.497 e. The SMILES string of the molecule is CCCN1CCC2(CCN(S(=O)(=O)c3cc(OC)ccc3OC)C2)C1=O. The molecule has 3 rings (SSSR count). The van der Waals surface area contributed by atoms with Crippen LogP contribution in [-0.4, -0.2) is 63.9 Å². The van der Waals surface area contributed by atoms with Crippen molar-refractivity contribution in [3.05, 3.63) is 18.2 Å². The number of likely N-dealkylation sites (tertiary alicyclic amines) is 1. The molecule has 1 aromatic rings. The lowest BCUT2D eigenvalue weighted by Gasteiger charge is -2.24. The van der Waals surface area contributed by atoms with Crippen molar-refractivity contribution in [3.63, 3.8) is 0 Å². The monoisotopic (exact) mass is 382 g/mol. The number of ether oxygens (including phenoxy) is 2. The summed E-state index contributed by atoms with van der Waals surface area (Å²) in [6.45, 7) is 4.06. The molecular weight excluding hydrogens is 356 g/mol. The molecule has 2 saturated heterocycles. The Hall–Kier alpha value is -1.80. The summed E-state index contributed by atoms with van der Waals surface area (Å²) in [5.41, 5.74) is -0.575. The standard InChI is InChI=1S/C18H26N2O5S/c1-4-9-19-10-7-18(17(19)21)8-11-20(13-18)26(22,23)16-12-14(24-2)5-6-15(16)25-3/h5-6,12H,4,7-11,13H2,1-3H3. The molecule has 0 bridgehead atoms. The van der Waals surface area contributed by atoms with Gasteiger partial charge in [0.2, 0.25) is 15.9 Å². The average molecular weight is 382 g/mol. The zero-order valence-electron chi connectivity index (χ0n) is 15.5. The highest BCUT2D eigenvalue weighted by Crippen LogP contribution is 2.43. The van der Waals surface area contributed by atoms with Crippen LogP contribution in [-0.2, 0) is 14.8 Å². The van der Waals surface area contributed by atoms with Gasteiger partial charge in [0.25, 0.3) is 0 Å². The Balaban J connectivity index is 1.88. The molecule has 0 N–H and O–H groups in total. The zero-order valence-corrected chi connectivity index (χ0v) is 16.3. The van der Waals surface area contributed by atoms with Crippen LogP contribution in [0, 0.1) is 5.41 Å². The molecule has 2 heterocycles. The molecule has 1 atom stereocenters. The highest BCUT2D eigenvalue weighted by molar-refractivity contribution is 7.89. The van der Waals surface area contributed by atoms with E-state index in [2.05, 4.69) is 0 Å². The Kier molecular flexibility index (Phi) is 5.16. The summed E-state index contributed by atoms with van der Waals surface area (Å²) in [4.78, 5) is 14.8. The Morgan fingerprint density at radius 1 is 1.15 bits per heavy atom. The maximum absolute atomic E-state index is 13.2. The van der Waals surface area contributed by atoms with Gasteiger partial charge in [-0.15, -0.1) is 0 Å². The summed E-state index contributed by atoms with van der Waals surface area (Å²) in [6, 6.07) is 4.72. The highest BCUT2D eigenvalue weighted by Gasteiger charge is 2.53. The van der Waals surface area contributed by atoms with E-state index in [1.807, 2.05) is 11.8 Å². The molecule has 1 unspecified atom stereocenters. The van der Waals surface area contributed by atoms with Gasteiger partial charge in [0.15, 0.2) is 0 Å². The van der Waals surface area contributed by atoms with Crippen LogP contribution in [0.1, 0.15) is 26.2 Å².